The largest absolute Gasteiger partial charge is 0.376 e. The molecule has 1 aliphatic rings. The Kier molecular flexibility index (Phi) is 7.72. The Morgan fingerprint density at radius 2 is 1.76 bits per heavy atom. The summed E-state index contributed by atoms with van der Waals surface area (Å²) in [7, 11) is 0. The summed E-state index contributed by atoms with van der Waals surface area (Å²) >= 11 is 0. The second-order valence-corrected chi connectivity index (χ2v) is 6.82. The Labute approximate surface area is 131 Å². The molecule has 1 saturated heterocycles. The average molecular weight is 297 g/mol. The van der Waals surface area contributed by atoms with Crippen LogP contribution in [0.5, 0.6) is 0 Å². The van der Waals surface area contributed by atoms with E-state index in [1.807, 2.05) is 0 Å². The van der Waals surface area contributed by atoms with Crippen molar-refractivity contribution in [1.82, 2.24) is 4.90 Å². The van der Waals surface area contributed by atoms with Gasteiger partial charge < -0.3 is 9.64 Å². The van der Waals surface area contributed by atoms with Gasteiger partial charge in [0, 0.05) is 19.0 Å². The van der Waals surface area contributed by atoms with Crippen LogP contribution in [0, 0.1) is 17.8 Å². The first kappa shape index (κ1) is 18.5. The molecule has 1 rings (SSSR count). The smallest absolute Gasteiger partial charge is 0.226 e. The number of carbonyl (C=O) groups is 1. The first-order chi connectivity index (χ1) is 9.94. The lowest BCUT2D eigenvalue weighted by atomic mass is 9.74. The zero-order valence-corrected chi connectivity index (χ0v) is 14.9. The molecular formula is C18H35NO2. The number of rotatable bonds is 7. The van der Waals surface area contributed by atoms with Gasteiger partial charge >= 0.3 is 0 Å². The molecule has 0 radical (unpaired) electrons. The fourth-order valence-corrected chi connectivity index (χ4v) is 3.82. The molecule has 4 unspecified atom stereocenters. The van der Waals surface area contributed by atoms with E-state index in [0.717, 1.165) is 38.8 Å². The van der Waals surface area contributed by atoms with Crippen LogP contribution in [0.25, 0.3) is 0 Å². The molecule has 1 fully saturated rings. The lowest BCUT2D eigenvalue weighted by Crippen LogP contribution is -2.45. The second kappa shape index (κ2) is 8.77. The molecule has 4 atom stereocenters. The first-order valence-corrected chi connectivity index (χ1v) is 8.88. The summed E-state index contributed by atoms with van der Waals surface area (Å²) in [6, 6.07) is 0. The molecule has 0 bridgehead atoms. The zero-order valence-electron chi connectivity index (χ0n) is 14.9. The highest BCUT2D eigenvalue weighted by molar-refractivity contribution is 5.79. The molecule has 0 aromatic heterocycles. The van der Waals surface area contributed by atoms with Crippen LogP contribution in [0.3, 0.4) is 0 Å². The van der Waals surface area contributed by atoms with Crippen molar-refractivity contribution in [3.63, 3.8) is 0 Å². The van der Waals surface area contributed by atoms with Crippen LogP contribution in [0.15, 0.2) is 0 Å². The van der Waals surface area contributed by atoms with Crippen LogP contribution >= 0.6 is 0 Å². The van der Waals surface area contributed by atoms with E-state index in [0.29, 0.717) is 17.7 Å². The van der Waals surface area contributed by atoms with E-state index >= 15 is 0 Å². The SMILES string of the molecule is CCCN(CC)C(=O)C(C(C)CC)C1CC(C)OC(C)C1. The molecule has 0 aromatic rings. The highest BCUT2D eigenvalue weighted by Crippen LogP contribution is 2.36. The quantitative estimate of drug-likeness (QED) is 0.707. The molecule has 3 nitrogen and oxygen atoms in total. The van der Waals surface area contributed by atoms with Crippen LogP contribution in [0.2, 0.25) is 0 Å². The molecule has 0 aromatic carbocycles. The average Bonchev–Trinajstić information content (AvgIpc) is 2.43. The molecule has 1 heterocycles. The number of hydrogen-bond acceptors (Lipinski definition) is 2. The van der Waals surface area contributed by atoms with Crippen molar-refractivity contribution in [2.24, 2.45) is 17.8 Å². The van der Waals surface area contributed by atoms with Gasteiger partial charge in [0.2, 0.25) is 5.91 Å². The van der Waals surface area contributed by atoms with Gasteiger partial charge in [0.1, 0.15) is 0 Å². The highest BCUT2D eigenvalue weighted by atomic mass is 16.5. The number of nitrogens with zero attached hydrogens (tertiary/aromatic N) is 1. The van der Waals surface area contributed by atoms with Crippen molar-refractivity contribution < 1.29 is 9.53 Å². The van der Waals surface area contributed by atoms with Gasteiger partial charge in [0.25, 0.3) is 0 Å². The second-order valence-electron chi connectivity index (χ2n) is 6.82. The van der Waals surface area contributed by atoms with Crippen LogP contribution in [0.4, 0.5) is 0 Å². The standard InChI is InChI=1S/C18H35NO2/c1-7-10-19(9-3)18(20)17(13(4)8-2)16-11-14(5)21-15(6)12-16/h13-17H,7-12H2,1-6H3. The van der Waals surface area contributed by atoms with Gasteiger partial charge in [0.05, 0.1) is 12.2 Å². The van der Waals surface area contributed by atoms with Crippen LogP contribution < -0.4 is 0 Å². The lowest BCUT2D eigenvalue weighted by Gasteiger charge is -2.40. The summed E-state index contributed by atoms with van der Waals surface area (Å²) in [5.74, 6) is 1.46. The molecule has 0 saturated carbocycles. The van der Waals surface area contributed by atoms with Crippen molar-refractivity contribution in [2.75, 3.05) is 13.1 Å². The van der Waals surface area contributed by atoms with E-state index in [1.165, 1.54) is 0 Å². The minimum absolute atomic E-state index is 0.162. The molecule has 124 valence electrons. The van der Waals surface area contributed by atoms with Crippen molar-refractivity contribution in [1.29, 1.82) is 0 Å². The summed E-state index contributed by atoms with van der Waals surface area (Å²) in [6.07, 6.45) is 4.70. The fraction of sp³-hybridized carbons (Fsp3) is 0.944. The van der Waals surface area contributed by atoms with E-state index in [-0.39, 0.29) is 18.1 Å². The third kappa shape index (κ3) is 4.98. The maximum atomic E-state index is 13.1. The molecule has 3 heteroatoms. The van der Waals surface area contributed by atoms with E-state index in [1.54, 1.807) is 0 Å². The highest BCUT2D eigenvalue weighted by Gasteiger charge is 2.38. The number of amides is 1. The van der Waals surface area contributed by atoms with Gasteiger partial charge in [0.15, 0.2) is 0 Å². The van der Waals surface area contributed by atoms with E-state index in [9.17, 15) is 4.79 Å². The third-order valence-corrected chi connectivity index (χ3v) is 4.97. The van der Waals surface area contributed by atoms with E-state index in [2.05, 4.69) is 46.4 Å². The molecule has 0 spiro atoms. The lowest BCUT2D eigenvalue weighted by molar-refractivity contribution is -0.143. The summed E-state index contributed by atoms with van der Waals surface area (Å²) in [5, 5.41) is 0. The summed E-state index contributed by atoms with van der Waals surface area (Å²) in [5.41, 5.74) is 0. The number of ether oxygens (including phenoxy) is 1. The first-order valence-electron chi connectivity index (χ1n) is 8.88. The zero-order chi connectivity index (χ0) is 16.0. The van der Waals surface area contributed by atoms with Gasteiger partial charge in [-0.25, -0.2) is 0 Å². The van der Waals surface area contributed by atoms with Crippen LogP contribution in [-0.4, -0.2) is 36.1 Å². The minimum atomic E-state index is 0.162. The predicted octanol–water partition coefficient (Wildman–Crippen LogP) is 4.11. The normalized spacial score (nSPS) is 29.0. The van der Waals surface area contributed by atoms with E-state index < -0.39 is 0 Å². The summed E-state index contributed by atoms with van der Waals surface area (Å²) in [6.45, 7) is 14.7. The van der Waals surface area contributed by atoms with E-state index in [4.69, 9.17) is 4.74 Å². The Bertz CT molecular complexity index is 308. The van der Waals surface area contributed by atoms with Gasteiger partial charge in [-0.15, -0.1) is 0 Å². The molecule has 0 aliphatic carbocycles. The van der Waals surface area contributed by atoms with Crippen molar-refractivity contribution >= 4 is 5.91 Å². The van der Waals surface area contributed by atoms with Crippen LogP contribution in [0.1, 0.15) is 67.2 Å². The van der Waals surface area contributed by atoms with Gasteiger partial charge in [-0.3, -0.25) is 4.79 Å². The summed E-state index contributed by atoms with van der Waals surface area (Å²) in [4.78, 5) is 15.1. The molecule has 21 heavy (non-hydrogen) atoms. The molecule has 1 aliphatic heterocycles. The van der Waals surface area contributed by atoms with Crippen molar-refractivity contribution in [3.05, 3.63) is 0 Å². The number of carbonyl (C=O) groups excluding carboxylic acids is 1. The molecular weight excluding hydrogens is 262 g/mol. The topological polar surface area (TPSA) is 29.5 Å². The fourth-order valence-electron chi connectivity index (χ4n) is 3.82. The van der Waals surface area contributed by atoms with Crippen LogP contribution in [-0.2, 0) is 9.53 Å². The Hall–Kier alpha value is -0.570. The maximum absolute atomic E-state index is 13.1. The minimum Gasteiger partial charge on any atom is -0.376 e. The van der Waals surface area contributed by atoms with Crippen molar-refractivity contribution in [2.45, 2.75) is 79.4 Å². The Balaban J connectivity index is 2.91. The van der Waals surface area contributed by atoms with Gasteiger partial charge in [-0.1, -0.05) is 27.2 Å². The monoisotopic (exact) mass is 297 g/mol. The predicted molar refractivity (Wildman–Crippen MR) is 88.2 cm³/mol. The Morgan fingerprint density at radius 3 is 2.19 bits per heavy atom. The maximum Gasteiger partial charge on any atom is 0.226 e. The number of hydrogen-bond donors (Lipinski definition) is 0. The molecule has 0 N–H and O–H groups in total. The summed E-state index contributed by atoms with van der Waals surface area (Å²) < 4.78 is 5.87. The van der Waals surface area contributed by atoms with Gasteiger partial charge in [-0.05, 0) is 51.9 Å². The molecule has 1 amide bonds. The van der Waals surface area contributed by atoms with Gasteiger partial charge in [-0.2, -0.15) is 0 Å². The van der Waals surface area contributed by atoms with Crippen molar-refractivity contribution in [3.8, 4) is 0 Å². The third-order valence-electron chi connectivity index (χ3n) is 4.97. The Morgan fingerprint density at radius 1 is 1.19 bits per heavy atom.